The van der Waals surface area contributed by atoms with E-state index in [1.807, 2.05) is 0 Å². The molecule has 2 aromatic rings. The van der Waals surface area contributed by atoms with Gasteiger partial charge >= 0.3 is 0 Å². The van der Waals surface area contributed by atoms with Gasteiger partial charge in [0.05, 0.1) is 0 Å². The average Bonchev–Trinajstić information content (AvgIpc) is 2.52. The van der Waals surface area contributed by atoms with Gasteiger partial charge in [0.15, 0.2) is 5.78 Å². The Bertz CT molecular complexity index is 822. The molecule has 1 unspecified atom stereocenters. The molecule has 134 valence electrons. The first kappa shape index (κ1) is 19.6. The first-order chi connectivity index (χ1) is 11.6. The zero-order valence-electron chi connectivity index (χ0n) is 14.4. The fourth-order valence-electron chi connectivity index (χ4n) is 2.31. The highest BCUT2D eigenvalue weighted by atomic mass is 35.5. The number of rotatable bonds is 6. The normalized spacial score (nSPS) is 13.4. The minimum absolute atomic E-state index is 0.283. The fraction of sp³-hybridized carbons (Fsp3) is 0.316. The number of carbonyl (C=O) groups excluding carboxylic acids is 1. The van der Waals surface area contributed by atoms with Gasteiger partial charge in [0.25, 0.3) is 10.1 Å². The third-order valence-corrected chi connectivity index (χ3v) is 5.01. The molecule has 0 fully saturated rings. The molecule has 2 rings (SSSR count). The molecule has 0 aliphatic carbocycles. The van der Waals surface area contributed by atoms with Crippen LogP contribution in [0.4, 0.5) is 0 Å². The zero-order chi connectivity index (χ0) is 18.7. The Morgan fingerprint density at radius 3 is 2.12 bits per heavy atom. The summed E-state index contributed by atoms with van der Waals surface area (Å²) in [5.74, 6) is -0.672. The Balaban J connectivity index is 2.26. The van der Waals surface area contributed by atoms with Gasteiger partial charge in [-0.1, -0.05) is 62.7 Å². The van der Waals surface area contributed by atoms with Crippen molar-refractivity contribution >= 4 is 27.5 Å². The molecule has 6 heteroatoms. The molecule has 4 nitrogen and oxygen atoms in total. The molecule has 0 aliphatic rings. The van der Waals surface area contributed by atoms with Crippen molar-refractivity contribution in [2.45, 2.75) is 32.6 Å². The summed E-state index contributed by atoms with van der Waals surface area (Å²) in [5, 5.41) is 0.501. The second-order valence-corrected chi connectivity index (χ2v) is 8.93. The second kappa shape index (κ2) is 7.68. The van der Waals surface area contributed by atoms with Gasteiger partial charge in [-0.3, -0.25) is 8.98 Å². The molecule has 0 bridgehead atoms. The van der Waals surface area contributed by atoms with E-state index in [0.717, 1.165) is 0 Å². The van der Waals surface area contributed by atoms with Crippen LogP contribution in [-0.2, 0) is 20.1 Å². The molecule has 0 aromatic heterocycles. The predicted octanol–water partition coefficient (Wildman–Crippen LogP) is 4.48. The summed E-state index contributed by atoms with van der Waals surface area (Å²) in [5.41, 5.74) is 0.272. The van der Waals surface area contributed by atoms with Gasteiger partial charge in [0, 0.05) is 10.6 Å². The zero-order valence-corrected chi connectivity index (χ0v) is 16.0. The number of benzene rings is 2. The molecule has 1 atom stereocenters. The van der Waals surface area contributed by atoms with E-state index in [4.69, 9.17) is 15.8 Å². The van der Waals surface area contributed by atoms with Crippen LogP contribution in [0.3, 0.4) is 0 Å². The van der Waals surface area contributed by atoms with Crippen LogP contribution in [0.15, 0.2) is 54.6 Å². The first-order valence-corrected chi connectivity index (χ1v) is 9.79. The van der Waals surface area contributed by atoms with E-state index >= 15 is 0 Å². The molecular formula is C19H21ClO4S. The second-order valence-electron chi connectivity index (χ2n) is 6.90. The molecule has 0 amide bonds. The lowest BCUT2D eigenvalue weighted by molar-refractivity contribution is 0.0561. The standard InChI is InChI=1S/C19H21ClO4S/c1-19(2,3)18(17(21)15-9-11-16(20)12-10-15)24-25(22,23)13-14-7-5-4-6-8-14/h4-12,18H,13H2,1-3H3. The minimum Gasteiger partial charge on any atom is -0.291 e. The molecule has 0 aliphatic heterocycles. The lowest BCUT2D eigenvalue weighted by atomic mass is 9.84. The lowest BCUT2D eigenvalue weighted by Gasteiger charge is -2.28. The highest BCUT2D eigenvalue weighted by Crippen LogP contribution is 2.28. The quantitative estimate of drug-likeness (QED) is 0.547. The van der Waals surface area contributed by atoms with E-state index in [1.165, 1.54) is 0 Å². The number of hydrogen-bond acceptors (Lipinski definition) is 4. The predicted molar refractivity (Wildman–Crippen MR) is 99.2 cm³/mol. The van der Waals surface area contributed by atoms with Crippen molar-refractivity contribution in [3.8, 4) is 0 Å². The van der Waals surface area contributed by atoms with Crippen LogP contribution in [0, 0.1) is 5.41 Å². The molecule has 0 saturated heterocycles. The number of carbonyl (C=O) groups is 1. The van der Waals surface area contributed by atoms with E-state index in [2.05, 4.69) is 0 Å². The van der Waals surface area contributed by atoms with Gasteiger partial charge in [0.1, 0.15) is 11.9 Å². The smallest absolute Gasteiger partial charge is 0.272 e. The van der Waals surface area contributed by atoms with Crippen molar-refractivity contribution in [2.75, 3.05) is 0 Å². The van der Waals surface area contributed by atoms with Crippen molar-refractivity contribution in [1.82, 2.24) is 0 Å². The Morgan fingerprint density at radius 1 is 1.04 bits per heavy atom. The van der Waals surface area contributed by atoms with Crippen molar-refractivity contribution in [1.29, 1.82) is 0 Å². The summed E-state index contributed by atoms with van der Waals surface area (Å²) in [4.78, 5) is 12.8. The summed E-state index contributed by atoms with van der Waals surface area (Å²) < 4.78 is 30.2. The Morgan fingerprint density at radius 2 is 1.60 bits per heavy atom. The van der Waals surface area contributed by atoms with Gasteiger partial charge in [-0.15, -0.1) is 0 Å². The third kappa shape index (κ3) is 5.66. The van der Waals surface area contributed by atoms with Crippen molar-refractivity contribution in [3.05, 3.63) is 70.7 Å². The maximum atomic E-state index is 12.8. The van der Waals surface area contributed by atoms with Gasteiger partial charge < -0.3 is 0 Å². The van der Waals surface area contributed by atoms with E-state index in [-0.39, 0.29) is 11.5 Å². The maximum Gasteiger partial charge on any atom is 0.272 e. The van der Waals surface area contributed by atoms with E-state index in [0.29, 0.717) is 16.1 Å². The highest BCUT2D eigenvalue weighted by molar-refractivity contribution is 7.85. The van der Waals surface area contributed by atoms with E-state index in [1.54, 1.807) is 75.4 Å². The van der Waals surface area contributed by atoms with Crippen LogP contribution >= 0.6 is 11.6 Å². The van der Waals surface area contributed by atoms with Crippen molar-refractivity contribution < 1.29 is 17.4 Å². The molecule has 0 saturated carbocycles. The first-order valence-electron chi connectivity index (χ1n) is 7.83. The summed E-state index contributed by atoms with van der Waals surface area (Å²) in [6.45, 7) is 5.30. The summed E-state index contributed by atoms with van der Waals surface area (Å²) in [7, 11) is -3.93. The van der Waals surface area contributed by atoms with E-state index in [9.17, 15) is 13.2 Å². The van der Waals surface area contributed by atoms with Gasteiger partial charge in [-0.25, -0.2) is 0 Å². The van der Waals surface area contributed by atoms with Crippen LogP contribution in [0.1, 0.15) is 36.7 Å². The van der Waals surface area contributed by atoms with Crippen molar-refractivity contribution in [2.24, 2.45) is 5.41 Å². The highest BCUT2D eigenvalue weighted by Gasteiger charge is 2.37. The van der Waals surface area contributed by atoms with Crippen molar-refractivity contribution in [3.63, 3.8) is 0 Å². The molecule has 0 radical (unpaired) electrons. The largest absolute Gasteiger partial charge is 0.291 e. The summed E-state index contributed by atoms with van der Waals surface area (Å²) in [6, 6.07) is 15.0. The van der Waals surface area contributed by atoms with Gasteiger partial charge in [-0.05, 0) is 35.2 Å². The number of Topliss-reactive ketones (excluding diaryl/α,β-unsaturated/α-hetero) is 1. The van der Waals surface area contributed by atoms with Crippen LogP contribution in [0.25, 0.3) is 0 Å². The molecule has 0 N–H and O–H groups in total. The molecule has 25 heavy (non-hydrogen) atoms. The Kier molecular flexibility index (Phi) is 6.03. The SMILES string of the molecule is CC(C)(C)C(OS(=O)(=O)Cc1ccccc1)C(=O)c1ccc(Cl)cc1. The van der Waals surface area contributed by atoms with Crippen LogP contribution in [0.5, 0.6) is 0 Å². The summed E-state index contributed by atoms with van der Waals surface area (Å²) in [6.07, 6.45) is -1.12. The molecule has 2 aromatic carbocycles. The average molecular weight is 381 g/mol. The topological polar surface area (TPSA) is 60.4 Å². The summed E-state index contributed by atoms with van der Waals surface area (Å²) >= 11 is 5.84. The minimum atomic E-state index is -3.93. The fourth-order valence-corrected chi connectivity index (χ4v) is 3.77. The maximum absolute atomic E-state index is 12.8. The number of ketones is 1. The molecule has 0 spiro atoms. The van der Waals surface area contributed by atoms with Crippen LogP contribution in [0.2, 0.25) is 5.02 Å². The van der Waals surface area contributed by atoms with Gasteiger partial charge in [-0.2, -0.15) is 8.42 Å². The van der Waals surface area contributed by atoms with Crippen LogP contribution < -0.4 is 0 Å². The third-order valence-electron chi connectivity index (χ3n) is 3.58. The lowest BCUT2D eigenvalue weighted by Crippen LogP contribution is -2.39. The van der Waals surface area contributed by atoms with Gasteiger partial charge in [0.2, 0.25) is 0 Å². The number of hydrogen-bond donors (Lipinski definition) is 0. The van der Waals surface area contributed by atoms with E-state index < -0.39 is 21.6 Å². The molecule has 0 heterocycles. The Hall–Kier alpha value is -1.69. The monoisotopic (exact) mass is 380 g/mol. The Labute approximate surface area is 153 Å². The molecular weight excluding hydrogens is 360 g/mol. The van der Waals surface area contributed by atoms with Crippen LogP contribution in [-0.4, -0.2) is 20.3 Å². The number of halogens is 1.